The van der Waals surface area contributed by atoms with Crippen LogP contribution >= 0.6 is 0 Å². The lowest BCUT2D eigenvalue weighted by Crippen LogP contribution is -2.33. The van der Waals surface area contributed by atoms with Crippen LogP contribution in [0.15, 0.2) is 23.0 Å². The summed E-state index contributed by atoms with van der Waals surface area (Å²) >= 11 is 0. The topological polar surface area (TPSA) is 45.5 Å². The molecule has 0 saturated carbocycles. The molecule has 0 aromatic carbocycles. The van der Waals surface area contributed by atoms with Crippen molar-refractivity contribution in [2.75, 3.05) is 20.1 Å². The van der Waals surface area contributed by atoms with Crippen LogP contribution in [0.2, 0.25) is 0 Å². The first-order chi connectivity index (χ1) is 7.27. The summed E-state index contributed by atoms with van der Waals surface area (Å²) in [5.41, 5.74) is 1.04. The van der Waals surface area contributed by atoms with Gasteiger partial charge in [0, 0.05) is 25.7 Å². The van der Waals surface area contributed by atoms with Gasteiger partial charge in [0.1, 0.15) is 0 Å². The fraction of sp³-hybridized carbons (Fsp3) is 0.545. The number of furan rings is 1. The highest BCUT2D eigenvalue weighted by Gasteiger charge is 2.25. The zero-order valence-electron chi connectivity index (χ0n) is 8.90. The largest absolute Gasteiger partial charge is 0.472 e. The Bertz CT molecular complexity index is 315. The molecule has 1 saturated heterocycles. The molecular weight excluding hydrogens is 192 g/mol. The van der Waals surface area contributed by atoms with Crippen LogP contribution in [0.3, 0.4) is 0 Å². The number of rotatable bonds is 3. The lowest BCUT2D eigenvalue weighted by Gasteiger charge is -2.19. The number of hydrogen-bond acceptors (Lipinski definition) is 3. The molecule has 1 aromatic rings. The number of carbonyl (C=O) groups excluding carboxylic acids is 1. The van der Waals surface area contributed by atoms with Crippen LogP contribution in [0.4, 0.5) is 0 Å². The maximum Gasteiger partial charge on any atom is 0.227 e. The maximum atomic E-state index is 11.9. The molecule has 4 nitrogen and oxygen atoms in total. The number of carbonyl (C=O) groups is 1. The van der Waals surface area contributed by atoms with Gasteiger partial charge in [-0.2, -0.15) is 0 Å². The van der Waals surface area contributed by atoms with Gasteiger partial charge in [-0.15, -0.1) is 0 Å². The van der Waals surface area contributed by atoms with Gasteiger partial charge < -0.3 is 14.6 Å². The summed E-state index contributed by atoms with van der Waals surface area (Å²) in [6, 6.07) is 1.89. The molecule has 0 bridgehead atoms. The van der Waals surface area contributed by atoms with Gasteiger partial charge in [-0.05, 0) is 19.0 Å². The Morgan fingerprint density at radius 1 is 1.73 bits per heavy atom. The van der Waals surface area contributed by atoms with Crippen molar-refractivity contribution in [2.45, 2.75) is 13.0 Å². The molecule has 82 valence electrons. The van der Waals surface area contributed by atoms with Gasteiger partial charge in [0.25, 0.3) is 0 Å². The van der Waals surface area contributed by atoms with Crippen LogP contribution in [0.25, 0.3) is 0 Å². The maximum absolute atomic E-state index is 11.9. The standard InChI is InChI=1S/C11H16N2O2/c1-13(7-9-3-5-15-8-9)11(14)10-2-4-12-6-10/h3,5,8,10,12H,2,4,6-7H2,1H3. The minimum absolute atomic E-state index is 0.155. The minimum Gasteiger partial charge on any atom is -0.472 e. The Morgan fingerprint density at radius 3 is 3.20 bits per heavy atom. The second-order valence-electron chi connectivity index (χ2n) is 4.02. The number of hydrogen-bond donors (Lipinski definition) is 1. The smallest absolute Gasteiger partial charge is 0.227 e. The highest BCUT2D eigenvalue weighted by molar-refractivity contribution is 5.79. The third kappa shape index (κ3) is 2.39. The lowest BCUT2D eigenvalue weighted by atomic mass is 10.1. The molecule has 1 aliphatic heterocycles. The predicted molar refractivity (Wildman–Crippen MR) is 56.2 cm³/mol. The Kier molecular flexibility index (Phi) is 3.06. The second kappa shape index (κ2) is 4.49. The van der Waals surface area contributed by atoms with Crippen molar-refractivity contribution < 1.29 is 9.21 Å². The molecular formula is C11H16N2O2. The fourth-order valence-electron chi connectivity index (χ4n) is 1.91. The third-order valence-electron chi connectivity index (χ3n) is 2.79. The molecule has 15 heavy (non-hydrogen) atoms. The SMILES string of the molecule is CN(Cc1ccoc1)C(=O)C1CCNC1. The molecule has 1 atom stereocenters. The fourth-order valence-corrected chi connectivity index (χ4v) is 1.91. The number of amides is 1. The van der Waals surface area contributed by atoms with Crippen molar-refractivity contribution in [1.82, 2.24) is 10.2 Å². The van der Waals surface area contributed by atoms with Crippen molar-refractivity contribution in [1.29, 1.82) is 0 Å². The molecule has 0 aliphatic carbocycles. The highest BCUT2D eigenvalue weighted by atomic mass is 16.3. The summed E-state index contributed by atoms with van der Waals surface area (Å²) < 4.78 is 4.97. The van der Waals surface area contributed by atoms with Crippen LogP contribution in [0.5, 0.6) is 0 Å². The summed E-state index contributed by atoms with van der Waals surface area (Å²) in [5.74, 6) is 0.378. The highest BCUT2D eigenvalue weighted by Crippen LogP contribution is 2.13. The van der Waals surface area contributed by atoms with E-state index in [9.17, 15) is 4.79 Å². The number of nitrogens with zero attached hydrogens (tertiary/aromatic N) is 1. The van der Waals surface area contributed by atoms with E-state index in [4.69, 9.17) is 4.42 Å². The van der Waals surface area contributed by atoms with Gasteiger partial charge >= 0.3 is 0 Å². The molecule has 0 radical (unpaired) electrons. The van der Waals surface area contributed by atoms with E-state index >= 15 is 0 Å². The zero-order chi connectivity index (χ0) is 10.7. The summed E-state index contributed by atoms with van der Waals surface area (Å²) in [6.07, 6.45) is 4.26. The summed E-state index contributed by atoms with van der Waals surface area (Å²) in [4.78, 5) is 13.7. The van der Waals surface area contributed by atoms with Gasteiger partial charge in [-0.3, -0.25) is 4.79 Å². The monoisotopic (exact) mass is 208 g/mol. The molecule has 1 amide bonds. The Hall–Kier alpha value is -1.29. The van der Waals surface area contributed by atoms with Gasteiger partial charge in [0.05, 0.1) is 18.4 Å². The summed E-state index contributed by atoms with van der Waals surface area (Å²) in [7, 11) is 1.84. The third-order valence-corrected chi connectivity index (χ3v) is 2.79. The van der Waals surface area contributed by atoms with Crippen LogP contribution in [0.1, 0.15) is 12.0 Å². The van der Waals surface area contributed by atoms with E-state index in [2.05, 4.69) is 5.32 Å². The Labute approximate surface area is 89.2 Å². The summed E-state index contributed by atoms with van der Waals surface area (Å²) in [6.45, 7) is 2.40. The van der Waals surface area contributed by atoms with Crippen molar-refractivity contribution in [2.24, 2.45) is 5.92 Å². The Morgan fingerprint density at radius 2 is 2.60 bits per heavy atom. The Balaban J connectivity index is 1.89. The molecule has 2 rings (SSSR count). The van der Waals surface area contributed by atoms with Crippen LogP contribution in [-0.2, 0) is 11.3 Å². The molecule has 2 heterocycles. The lowest BCUT2D eigenvalue weighted by molar-refractivity contribution is -0.134. The predicted octanol–water partition coefficient (Wildman–Crippen LogP) is 0.847. The normalized spacial score (nSPS) is 20.5. The van der Waals surface area contributed by atoms with E-state index < -0.39 is 0 Å². The summed E-state index contributed by atoms with van der Waals surface area (Å²) in [5, 5.41) is 3.20. The van der Waals surface area contributed by atoms with E-state index in [1.807, 2.05) is 13.1 Å². The van der Waals surface area contributed by atoms with E-state index in [0.717, 1.165) is 25.1 Å². The first-order valence-electron chi connectivity index (χ1n) is 5.24. The van der Waals surface area contributed by atoms with Crippen molar-refractivity contribution in [3.8, 4) is 0 Å². The van der Waals surface area contributed by atoms with Crippen molar-refractivity contribution >= 4 is 5.91 Å². The zero-order valence-corrected chi connectivity index (χ0v) is 8.90. The first kappa shape index (κ1) is 10.2. The van der Waals surface area contributed by atoms with E-state index in [1.165, 1.54) is 0 Å². The molecule has 1 aromatic heterocycles. The molecule has 1 N–H and O–H groups in total. The molecule has 1 fully saturated rings. The average Bonchev–Trinajstić information content (AvgIpc) is 2.88. The van der Waals surface area contributed by atoms with Crippen LogP contribution in [0, 0.1) is 5.92 Å². The van der Waals surface area contributed by atoms with Gasteiger partial charge in [0.2, 0.25) is 5.91 Å². The van der Waals surface area contributed by atoms with Gasteiger partial charge in [0.15, 0.2) is 0 Å². The van der Waals surface area contributed by atoms with E-state index in [1.54, 1.807) is 17.4 Å². The molecule has 0 spiro atoms. The van der Waals surface area contributed by atoms with E-state index in [0.29, 0.717) is 6.54 Å². The van der Waals surface area contributed by atoms with Crippen molar-refractivity contribution in [3.63, 3.8) is 0 Å². The van der Waals surface area contributed by atoms with Crippen LogP contribution < -0.4 is 5.32 Å². The minimum atomic E-state index is 0.155. The quantitative estimate of drug-likeness (QED) is 0.801. The molecule has 4 heteroatoms. The average molecular weight is 208 g/mol. The van der Waals surface area contributed by atoms with Crippen LogP contribution in [-0.4, -0.2) is 30.9 Å². The van der Waals surface area contributed by atoms with Gasteiger partial charge in [-0.25, -0.2) is 0 Å². The first-order valence-corrected chi connectivity index (χ1v) is 5.24. The van der Waals surface area contributed by atoms with E-state index in [-0.39, 0.29) is 11.8 Å². The molecule has 1 aliphatic rings. The number of nitrogens with one attached hydrogen (secondary N) is 1. The second-order valence-corrected chi connectivity index (χ2v) is 4.02. The van der Waals surface area contributed by atoms with Gasteiger partial charge in [-0.1, -0.05) is 0 Å². The molecule has 1 unspecified atom stereocenters. The van der Waals surface area contributed by atoms with Crippen molar-refractivity contribution in [3.05, 3.63) is 24.2 Å².